The molecule has 2 N–H and O–H groups in total. The zero-order valence-electron chi connectivity index (χ0n) is 25.9. The predicted octanol–water partition coefficient (Wildman–Crippen LogP) is 6.12. The highest BCUT2D eigenvalue weighted by molar-refractivity contribution is 6.30. The van der Waals surface area contributed by atoms with Gasteiger partial charge in [-0.15, -0.1) is 0 Å². The van der Waals surface area contributed by atoms with Crippen molar-refractivity contribution < 1.29 is 9.59 Å². The maximum atomic E-state index is 14.2. The normalized spacial score (nSPS) is 22.9. The maximum Gasteiger partial charge on any atom is 0.244 e. The summed E-state index contributed by atoms with van der Waals surface area (Å²) in [7, 11) is 0. The van der Waals surface area contributed by atoms with E-state index in [0.717, 1.165) is 24.9 Å². The van der Waals surface area contributed by atoms with E-state index >= 15 is 0 Å². The van der Waals surface area contributed by atoms with Crippen molar-refractivity contribution in [3.63, 3.8) is 0 Å². The summed E-state index contributed by atoms with van der Waals surface area (Å²) in [6, 6.07) is 29.1. The summed E-state index contributed by atoms with van der Waals surface area (Å²) >= 11 is 5.98. The average molecular weight is 613 g/mol. The van der Waals surface area contributed by atoms with Gasteiger partial charge in [0.25, 0.3) is 0 Å². The van der Waals surface area contributed by atoms with Gasteiger partial charge in [0.15, 0.2) is 0 Å². The van der Waals surface area contributed by atoms with Crippen LogP contribution in [-0.4, -0.2) is 72.0 Å². The SMILES string of the molecule is CC1CCC(C)N1CCC1NC(CNC(=O)C=Cc2ccc(Cl)cc2)CCN(CC(c2ccccc2)c2ccccc2)C1=O. The van der Waals surface area contributed by atoms with Gasteiger partial charge < -0.3 is 15.5 Å². The molecule has 2 amide bonds. The molecule has 0 aliphatic carbocycles. The number of hydrogen-bond acceptors (Lipinski definition) is 4. The van der Waals surface area contributed by atoms with Crippen LogP contribution in [0.3, 0.4) is 0 Å². The number of rotatable bonds is 11. The van der Waals surface area contributed by atoms with Gasteiger partial charge in [0.05, 0.1) is 6.04 Å². The van der Waals surface area contributed by atoms with E-state index in [1.54, 1.807) is 24.3 Å². The summed E-state index contributed by atoms with van der Waals surface area (Å²) in [6.07, 6.45) is 7.24. The Hall–Kier alpha value is -3.45. The molecular formula is C37H45ClN4O2. The molecule has 2 aliphatic heterocycles. The van der Waals surface area contributed by atoms with Crippen molar-refractivity contribution in [2.75, 3.05) is 26.2 Å². The van der Waals surface area contributed by atoms with E-state index in [1.807, 2.05) is 24.3 Å². The summed E-state index contributed by atoms with van der Waals surface area (Å²) in [6.45, 7) is 7.17. The Labute approximate surface area is 267 Å². The predicted molar refractivity (Wildman–Crippen MR) is 180 cm³/mol. The van der Waals surface area contributed by atoms with E-state index in [9.17, 15) is 9.59 Å². The Morgan fingerprint density at radius 1 is 0.932 bits per heavy atom. The summed E-state index contributed by atoms with van der Waals surface area (Å²) < 4.78 is 0. The molecule has 0 bridgehead atoms. The second-order valence-electron chi connectivity index (χ2n) is 12.3. The van der Waals surface area contributed by atoms with Gasteiger partial charge in [-0.2, -0.15) is 0 Å². The number of hydrogen-bond donors (Lipinski definition) is 2. The highest BCUT2D eigenvalue weighted by atomic mass is 35.5. The van der Waals surface area contributed by atoms with Gasteiger partial charge in [-0.25, -0.2) is 0 Å². The molecule has 4 unspecified atom stereocenters. The van der Waals surface area contributed by atoms with Crippen molar-refractivity contribution in [2.24, 2.45) is 0 Å². The molecule has 2 saturated heterocycles. The van der Waals surface area contributed by atoms with Crippen molar-refractivity contribution in [1.82, 2.24) is 20.4 Å². The summed E-state index contributed by atoms with van der Waals surface area (Å²) in [4.78, 5) is 31.5. The van der Waals surface area contributed by atoms with E-state index in [2.05, 4.69) is 82.8 Å². The number of benzene rings is 3. The molecule has 2 aliphatic rings. The standard InChI is InChI=1S/C37H45ClN4O2/c1-27-13-14-28(2)42(27)24-22-35-37(44)41(26-34(30-9-5-3-6-10-30)31-11-7-4-8-12-31)23-21-33(40-35)25-39-36(43)20-17-29-15-18-32(38)19-16-29/h3-12,15-20,27-28,33-35,40H,13-14,21-26H2,1-2H3,(H,39,43). The minimum absolute atomic E-state index is 0.0119. The molecule has 5 rings (SSSR count). The van der Waals surface area contributed by atoms with E-state index in [4.69, 9.17) is 11.6 Å². The Balaban J connectivity index is 1.30. The van der Waals surface area contributed by atoms with Crippen LogP contribution >= 0.6 is 11.6 Å². The third-order valence-electron chi connectivity index (χ3n) is 9.23. The van der Waals surface area contributed by atoms with E-state index < -0.39 is 0 Å². The minimum Gasteiger partial charge on any atom is -0.351 e. The third kappa shape index (κ3) is 8.59. The van der Waals surface area contributed by atoms with Crippen LogP contribution in [0, 0.1) is 0 Å². The first kappa shape index (κ1) is 32.0. The number of halogens is 1. The van der Waals surface area contributed by atoms with Gasteiger partial charge in [0.1, 0.15) is 0 Å². The largest absolute Gasteiger partial charge is 0.351 e. The van der Waals surface area contributed by atoms with Crippen LogP contribution in [0.15, 0.2) is 91.0 Å². The van der Waals surface area contributed by atoms with Gasteiger partial charge in [0.2, 0.25) is 11.8 Å². The zero-order chi connectivity index (χ0) is 30.9. The van der Waals surface area contributed by atoms with Crippen LogP contribution in [0.1, 0.15) is 62.1 Å². The molecule has 6 nitrogen and oxygen atoms in total. The molecular weight excluding hydrogens is 568 g/mol. The lowest BCUT2D eigenvalue weighted by Gasteiger charge is -2.31. The highest BCUT2D eigenvalue weighted by Crippen LogP contribution is 2.28. The van der Waals surface area contributed by atoms with Crippen LogP contribution in [0.25, 0.3) is 6.08 Å². The molecule has 2 fully saturated rings. The zero-order valence-corrected chi connectivity index (χ0v) is 26.6. The molecule has 44 heavy (non-hydrogen) atoms. The summed E-state index contributed by atoms with van der Waals surface area (Å²) in [5.41, 5.74) is 3.32. The topological polar surface area (TPSA) is 64.7 Å². The Bertz CT molecular complexity index is 1330. The second kappa shape index (κ2) is 15.5. The number of nitrogens with zero attached hydrogens (tertiary/aromatic N) is 2. The first-order chi connectivity index (χ1) is 21.4. The summed E-state index contributed by atoms with van der Waals surface area (Å²) in [5, 5.41) is 7.39. The number of amides is 2. The molecule has 0 radical (unpaired) electrons. The maximum absolute atomic E-state index is 14.2. The first-order valence-electron chi connectivity index (χ1n) is 16.0. The van der Waals surface area contributed by atoms with Crippen molar-refractivity contribution in [2.45, 2.75) is 69.6 Å². The van der Waals surface area contributed by atoms with Gasteiger partial charge in [-0.3, -0.25) is 14.5 Å². The lowest BCUT2D eigenvalue weighted by atomic mass is 9.90. The molecule has 232 valence electrons. The molecule has 3 aromatic rings. The Morgan fingerprint density at radius 3 is 2.16 bits per heavy atom. The Kier molecular flexibility index (Phi) is 11.3. The molecule has 0 spiro atoms. The van der Waals surface area contributed by atoms with Gasteiger partial charge in [-0.1, -0.05) is 84.4 Å². The number of carbonyl (C=O) groups is 2. The third-order valence-corrected chi connectivity index (χ3v) is 9.48. The van der Waals surface area contributed by atoms with Crippen molar-refractivity contribution in [3.05, 3.63) is 113 Å². The van der Waals surface area contributed by atoms with Crippen LogP contribution < -0.4 is 10.6 Å². The summed E-state index contributed by atoms with van der Waals surface area (Å²) in [5.74, 6) is 0.0753. The van der Waals surface area contributed by atoms with Gasteiger partial charge in [0, 0.05) is 61.3 Å². The van der Waals surface area contributed by atoms with Gasteiger partial charge in [-0.05, 0) is 74.4 Å². The van der Waals surface area contributed by atoms with Crippen molar-refractivity contribution in [3.8, 4) is 0 Å². The van der Waals surface area contributed by atoms with Crippen LogP contribution in [0.2, 0.25) is 5.02 Å². The van der Waals surface area contributed by atoms with E-state index in [1.165, 1.54) is 24.0 Å². The van der Waals surface area contributed by atoms with Crippen molar-refractivity contribution in [1.29, 1.82) is 0 Å². The average Bonchev–Trinajstić information content (AvgIpc) is 3.29. The number of likely N-dealkylation sites (tertiary alicyclic amines) is 1. The second-order valence-corrected chi connectivity index (χ2v) is 12.7. The fraction of sp³-hybridized carbons (Fsp3) is 0.405. The highest BCUT2D eigenvalue weighted by Gasteiger charge is 2.34. The first-order valence-corrected chi connectivity index (χ1v) is 16.4. The van der Waals surface area contributed by atoms with Crippen LogP contribution in [-0.2, 0) is 9.59 Å². The fourth-order valence-corrected chi connectivity index (χ4v) is 6.75. The minimum atomic E-state index is -0.309. The number of nitrogens with one attached hydrogen (secondary N) is 2. The molecule has 3 aromatic carbocycles. The molecule has 0 saturated carbocycles. The monoisotopic (exact) mass is 612 g/mol. The smallest absolute Gasteiger partial charge is 0.244 e. The van der Waals surface area contributed by atoms with E-state index in [-0.39, 0.29) is 29.8 Å². The van der Waals surface area contributed by atoms with Crippen LogP contribution in [0.4, 0.5) is 0 Å². The van der Waals surface area contributed by atoms with E-state index in [0.29, 0.717) is 36.7 Å². The van der Waals surface area contributed by atoms with Crippen molar-refractivity contribution >= 4 is 29.5 Å². The van der Waals surface area contributed by atoms with Crippen LogP contribution in [0.5, 0.6) is 0 Å². The quantitative estimate of drug-likeness (QED) is 0.256. The fourth-order valence-electron chi connectivity index (χ4n) is 6.62. The molecule has 7 heteroatoms. The molecule has 4 atom stereocenters. The Morgan fingerprint density at radius 2 is 1.55 bits per heavy atom. The number of carbonyl (C=O) groups excluding carboxylic acids is 2. The van der Waals surface area contributed by atoms with Gasteiger partial charge >= 0.3 is 0 Å². The lowest BCUT2D eigenvalue weighted by Crippen LogP contribution is -2.50. The molecule has 2 heterocycles. The molecule has 0 aromatic heterocycles. The lowest BCUT2D eigenvalue weighted by molar-refractivity contribution is -0.133.